The molecule has 0 radical (unpaired) electrons. The molecule has 0 fully saturated rings. The van der Waals surface area contributed by atoms with Gasteiger partial charge in [0.15, 0.2) is 5.60 Å². The van der Waals surface area contributed by atoms with Gasteiger partial charge in [-0.2, -0.15) is 0 Å². The third-order valence-electron chi connectivity index (χ3n) is 5.01. The fourth-order valence-electron chi connectivity index (χ4n) is 2.97. The molecule has 0 aromatic rings. The number of hydrogen-bond acceptors (Lipinski definition) is 10. The summed E-state index contributed by atoms with van der Waals surface area (Å²) in [6.07, 6.45) is -2.28. The van der Waals surface area contributed by atoms with Crippen LogP contribution in [0.5, 0.6) is 0 Å². The summed E-state index contributed by atoms with van der Waals surface area (Å²) >= 11 is 0. The van der Waals surface area contributed by atoms with E-state index in [4.69, 9.17) is 0 Å². The second-order valence-corrected chi connectivity index (χ2v) is 9.12. The summed E-state index contributed by atoms with van der Waals surface area (Å²) in [5, 5.41) is 50.9. The molecule has 0 aliphatic rings. The number of hydrogen-bond donors (Lipinski definition) is 4. The first-order valence-electron chi connectivity index (χ1n) is 10.7. The minimum atomic E-state index is -2.86. The van der Waals surface area contributed by atoms with E-state index in [0.29, 0.717) is 0 Å². The Morgan fingerprint density at radius 3 is 1.05 bits per heavy atom. The standard InChI is InChI=1S/C21H35N3O10.3Na/c1-9(2)14(17(27)28)22-12(25)7-21(34,20(33)24-16(11(5)6)19(31)32)8-13(26)23-15(10(3)4)18(29)30;;;/h9-11,14-16,34H,7-8H2,1-6H3,(H,22,25)(H,23,26)(H,24,33)(H,27,28)(H,29,30)(H,31,32);;;/q;3*+1/p-3. The van der Waals surface area contributed by atoms with Crippen LogP contribution in [0.4, 0.5) is 0 Å². The Morgan fingerprint density at radius 2 is 0.838 bits per heavy atom. The Balaban J connectivity index is -0.00000181. The zero-order valence-electron chi connectivity index (χ0n) is 23.0. The quantitative estimate of drug-likeness (QED) is 0.148. The van der Waals surface area contributed by atoms with Gasteiger partial charge < -0.3 is 50.8 Å². The topological polar surface area (TPSA) is 228 Å². The van der Waals surface area contributed by atoms with Gasteiger partial charge in [0.25, 0.3) is 5.91 Å². The number of aliphatic hydroxyl groups is 1. The van der Waals surface area contributed by atoms with Gasteiger partial charge in [0.05, 0.1) is 48.9 Å². The molecule has 0 spiro atoms. The van der Waals surface area contributed by atoms with Crippen LogP contribution in [0.2, 0.25) is 0 Å². The summed E-state index contributed by atoms with van der Waals surface area (Å²) in [5.74, 6) is -10.6. The number of nitrogens with one attached hydrogen (secondary N) is 3. The van der Waals surface area contributed by atoms with Gasteiger partial charge in [0.1, 0.15) is 0 Å². The molecular weight excluding hydrogens is 523 g/mol. The third kappa shape index (κ3) is 15.2. The molecule has 0 rings (SSSR count). The van der Waals surface area contributed by atoms with Crippen LogP contribution in [0, 0.1) is 17.8 Å². The summed E-state index contributed by atoms with van der Waals surface area (Å²) < 4.78 is 0. The summed E-state index contributed by atoms with van der Waals surface area (Å²) in [6, 6.07) is -4.56. The van der Waals surface area contributed by atoms with E-state index in [9.17, 15) is 49.2 Å². The molecule has 0 aromatic heterocycles. The van der Waals surface area contributed by atoms with Gasteiger partial charge in [-0.25, -0.2) is 0 Å². The molecule has 0 aliphatic heterocycles. The molecule has 0 heterocycles. The van der Waals surface area contributed by atoms with Crippen LogP contribution in [0.15, 0.2) is 0 Å². The van der Waals surface area contributed by atoms with Crippen LogP contribution in [0.1, 0.15) is 54.4 Å². The van der Waals surface area contributed by atoms with E-state index < -0.39 is 90.0 Å². The van der Waals surface area contributed by atoms with Crippen molar-refractivity contribution in [2.24, 2.45) is 17.8 Å². The SMILES string of the molecule is CC(C)C(NC(=O)CC(O)(CC(=O)NC(C(=O)[O-])C(C)C)C(=O)NC(C(=O)[O-])C(C)C)C(=O)[O-].[Na+].[Na+].[Na+]. The fourth-order valence-corrected chi connectivity index (χ4v) is 2.97. The fraction of sp³-hybridized carbons (Fsp3) is 0.714. The van der Waals surface area contributed by atoms with Crippen LogP contribution < -0.4 is 120 Å². The van der Waals surface area contributed by atoms with E-state index in [1.165, 1.54) is 41.5 Å². The number of amides is 3. The van der Waals surface area contributed by atoms with Gasteiger partial charge >= 0.3 is 88.7 Å². The molecule has 0 aliphatic carbocycles. The smallest absolute Gasteiger partial charge is 0.548 e. The number of carboxylic acids is 3. The van der Waals surface area contributed by atoms with Crippen molar-refractivity contribution >= 4 is 35.6 Å². The first kappa shape index (κ1) is 43.8. The summed E-state index contributed by atoms with van der Waals surface area (Å²) in [6.45, 7) is 8.72. The zero-order chi connectivity index (χ0) is 27.0. The zero-order valence-corrected chi connectivity index (χ0v) is 29.0. The third-order valence-corrected chi connectivity index (χ3v) is 5.01. The van der Waals surface area contributed by atoms with Crippen molar-refractivity contribution in [3.8, 4) is 0 Å². The molecule has 3 atom stereocenters. The average Bonchev–Trinajstić information content (AvgIpc) is 2.66. The molecule has 3 unspecified atom stereocenters. The van der Waals surface area contributed by atoms with Crippen molar-refractivity contribution in [2.45, 2.75) is 78.1 Å². The molecule has 0 saturated carbocycles. The minimum absolute atomic E-state index is 0. The Kier molecular flexibility index (Phi) is 23.4. The van der Waals surface area contributed by atoms with E-state index >= 15 is 0 Å². The molecule has 0 saturated heterocycles. The van der Waals surface area contributed by atoms with Crippen molar-refractivity contribution in [3.63, 3.8) is 0 Å². The predicted octanol–water partition coefficient (Wildman–Crippen LogP) is -13.8. The normalized spacial score (nSPS) is 14.4. The summed E-state index contributed by atoms with van der Waals surface area (Å²) in [4.78, 5) is 71.5. The molecule has 194 valence electrons. The molecule has 13 nitrogen and oxygen atoms in total. The molecule has 37 heavy (non-hydrogen) atoms. The molecular formula is C21H32N3Na3O10. The van der Waals surface area contributed by atoms with Crippen molar-refractivity contribution in [2.75, 3.05) is 0 Å². The largest absolute Gasteiger partial charge is 1.00 e. The number of rotatable bonds is 14. The maximum Gasteiger partial charge on any atom is 1.00 e. The second kappa shape index (κ2) is 19.8. The van der Waals surface area contributed by atoms with Crippen molar-refractivity contribution < 1.29 is 138 Å². The molecule has 3 amide bonds. The molecule has 0 bridgehead atoms. The number of carboxylic acid groups (broad SMARTS) is 3. The van der Waals surface area contributed by atoms with Crippen LogP contribution in [0.25, 0.3) is 0 Å². The first-order valence-corrected chi connectivity index (χ1v) is 10.7. The van der Waals surface area contributed by atoms with E-state index in [2.05, 4.69) is 10.6 Å². The van der Waals surface area contributed by atoms with Crippen molar-refractivity contribution in [1.82, 2.24) is 16.0 Å². The second-order valence-electron chi connectivity index (χ2n) is 9.12. The van der Waals surface area contributed by atoms with Crippen molar-refractivity contribution in [3.05, 3.63) is 0 Å². The van der Waals surface area contributed by atoms with Crippen LogP contribution in [-0.4, -0.2) is 64.5 Å². The van der Waals surface area contributed by atoms with E-state index in [1.807, 2.05) is 5.32 Å². The number of carbonyl (C=O) groups excluding carboxylic acids is 6. The van der Waals surface area contributed by atoms with Crippen LogP contribution in [-0.2, 0) is 28.8 Å². The Labute approximate surface area is 282 Å². The minimum Gasteiger partial charge on any atom is -0.548 e. The van der Waals surface area contributed by atoms with Gasteiger partial charge in [-0.1, -0.05) is 41.5 Å². The maximum atomic E-state index is 12.8. The van der Waals surface area contributed by atoms with Crippen LogP contribution in [0.3, 0.4) is 0 Å². The van der Waals surface area contributed by atoms with E-state index in [1.54, 1.807) is 0 Å². The Bertz CT molecular complexity index is 767. The monoisotopic (exact) mass is 555 g/mol. The summed E-state index contributed by atoms with van der Waals surface area (Å²) in [7, 11) is 0. The van der Waals surface area contributed by atoms with Gasteiger partial charge in [-0.3, -0.25) is 14.4 Å². The van der Waals surface area contributed by atoms with Crippen LogP contribution >= 0.6 is 0 Å². The number of carbonyl (C=O) groups is 6. The first-order chi connectivity index (χ1) is 15.4. The molecule has 16 heteroatoms. The van der Waals surface area contributed by atoms with Gasteiger partial charge in [-0.15, -0.1) is 0 Å². The maximum absolute atomic E-state index is 12.8. The number of aliphatic carboxylic acids is 3. The molecule has 4 N–H and O–H groups in total. The van der Waals surface area contributed by atoms with Crippen molar-refractivity contribution in [1.29, 1.82) is 0 Å². The Morgan fingerprint density at radius 1 is 0.595 bits per heavy atom. The van der Waals surface area contributed by atoms with Gasteiger partial charge in [0, 0.05) is 0 Å². The van der Waals surface area contributed by atoms with E-state index in [-0.39, 0.29) is 88.7 Å². The van der Waals surface area contributed by atoms with E-state index in [0.717, 1.165) is 0 Å². The average molecular weight is 555 g/mol. The van der Waals surface area contributed by atoms with Gasteiger partial charge in [-0.05, 0) is 17.8 Å². The van der Waals surface area contributed by atoms with Gasteiger partial charge in [0.2, 0.25) is 11.8 Å². The Hall–Kier alpha value is -0.220. The summed E-state index contributed by atoms with van der Waals surface area (Å²) in [5.41, 5.74) is -2.86. The molecule has 0 aromatic carbocycles. The predicted molar refractivity (Wildman–Crippen MR) is 110 cm³/mol.